The Bertz CT molecular complexity index is 1050. The van der Waals surface area contributed by atoms with E-state index < -0.39 is 5.91 Å². The molecule has 0 atom stereocenters. The summed E-state index contributed by atoms with van der Waals surface area (Å²) in [5.41, 5.74) is 7.88. The first-order valence-electron chi connectivity index (χ1n) is 8.87. The fourth-order valence-electron chi connectivity index (χ4n) is 3.15. The summed E-state index contributed by atoms with van der Waals surface area (Å²) < 4.78 is 7.18. The number of rotatable bonds is 5. The second kappa shape index (κ2) is 8.00. The zero-order chi connectivity index (χ0) is 20.3. The van der Waals surface area contributed by atoms with Gasteiger partial charge in [0.2, 0.25) is 0 Å². The fourth-order valence-corrected chi connectivity index (χ4v) is 3.15. The van der Waals surface area contributed by atoms with Crippen LogP contribution < -0.4 is 10.2 Å². The first-order valence-corrected chi connectivity index (χ1v) is 8.87. The minimum absolute atomic E-state index is 0.128. The molecule has 0 saturated carbocycles. The summed E-state index contributed by atoms with van der Waals surface area (Å²) in [4.78, 5) is 12.2. The molecule has 0 unspecified atom stereocenters. The number of para-hydroxylation sites is 1. The smallest absolute Gasteiger partial charge is 0.275 e. The third kappa shape index (κ3) is 3.76. The number of methoxy groups -OCH3 is 1. The second-order valence-corrected chi connectivity index (χ2v) is 6.53. The lowest BCUT2D eigenvalue weighted by atomic mass is 10.2. The Morgan fingerprint density at radius 3 is 2.57 bits per heavy atom. The molecule has 1 heterocycles. The predicted octanol–water partition coefficient (Wildman–Crippen LogP) is 3.88. The van der Waals surface area contributed by atoms with Crippen LogP contribution in [-0.4, -0.2) is 28.9 Å². The van der Waals surface area contributed by atoms with E-state index in [1.807, 2.05) is 32.0 Å². The maximum absolute atomic E-state index is 12.2. The van der Waals surface area contributed by atoms with Crippen LogP contribution in [0.3, 0.4) is 0 Å². The number of phenolic OH excluding ortho intramolecular Hbond substituents is 1. The highest BCUT2D eigenvalue weighted by Crippen LogP contribution is 2.24. The molecular formula is C22H23N3O3. The summed E-state index contributed by atoms with van der Waals surface area (Å²) in [7, 11) is 1.49. The summed E-state index contributed by atoms with van der Waals surface area (Å²) in [5.74, 6) is -0.185. The zero-order valence-corrected chi connectivity index (χ0v) is 16.4. The molecule has 3 aromatic rings. The van der Waals surface area contributed by atoms with E-state index in [0.717, 1.165) is 22.6 Å². The average Bonchev–Trinajstić information content (AvgIpc) is 2.95. The monoisotopic (exact) mass is 377 g/mol. The van der Waals surface area contributed by atoms with Crippen molar-refractivity contribution in [1.29, 1.82) is 0 Å². The molecule has 2 aromatic carbocycles. The number of benzene rings is 2. The number of hydrogen-bond donors (Lipinski definition) is 2. The number of hydrazone groups is 1. The van der Waals surface area contributed by atoms with Gasteiger partial charge in [-0.1, -0.05) is 18.2 Å². The zero-order valence-electron chi connectivity index (χ0n) is 16.4. The Labute approximate surface area is 164 Å². The number of nitrogens with zero attached hydrogens (tertiary/aromatic N) is 2. The number of nitrogens with one attached hydrogen (secondary N) is 1. The molecular weight excluding hydrogens is 354 g/mol. The lowest BCUT2D eigenvalue weighted by molar-refractivity contribution is 0.0952. The van der Waals surface area contributed by atoms with Crippen molar-refractivity contribution in [2.24, 2.45) is 5.10 Å². The number of ether oxygens (including phenoxy) is 1. The molecule has 1 aromatic heterocycles. The highest BCUT2D eigenvalue weighted by molar-refractivity contribution is 5.97. The summed E-state index contributed by atoms with van der Waals surface area (Å²) >= 11 is 0. The van der Waals surface area contributed by atoms with E-state index in [4.69, 9.17) is 4.74 Å². The van der Waals surface area contributed by atoms with Crippen molar-refractivity contribution in [1.82, 2.24) is 9.99 Å². The van der Waals surface area contributed by atoms with Gasteiger partial charge in [-0.05, 0) is 50.6 Å². The Kier molecular flexibility index (Phi) is 5.49. The van der Waals surface area contributed by atoms with Crippen molar-refractivity contribution in [2.75, 3.05) is 7.11 Å². The summed E-state index contributed by atoms with van der Waals surface area (Å²) in [6.07, 6.45) is 1.61. The average molecular weight is 377 g/mol. The molecule has 3 rings (SSSR count). The number of aryl methyl sites for hydroxylation is 2. The van der Waals surface area contributed by atoms with Crippen LogP contribution in [0.5, 0.6) is 11.5 Å². The van der Waals surface area contributed by atoms with Crippen LogP contribution in [0.1, 0.15) is 32.9 Å². The molecule has 28 heavy (non-hydrogen) atoms. The van der Waals surface area contributed by atoms with Gasteiger partial charge in [0.1, 0.15) is 11.5 Å². The van der Waals surface area contributed by atoms with Crippen molar-refractivity contribution in [3.05, 3.63) is 76.6 Å². The third-order valence-corrected chi connectivity index (χ3v) is 4.65. The lowest BCUT2D eigenvalue weighted by Gasteiger charge is -2.12. The van der Waals surface area contributed by atoms with E-state index in [-0.39, 0.29) is 11.3 Å². The normalized spacial score (nSPS) is 11.0. The molecule has 0 aliphatic heterocycles. The Hall–Kier alpha value is -3.54. The van der Waals surface area contributed by atoms with Gasteiger partial charge < -0.3 is 14.4 Å². The van der Waals surface area contributed by atoms with Gasteiger partial charge in [-0.25, -0.2) is 5.43 Å². The molecule has 0 saturated heterocycles. The minimum atomic E-state index is -0.496. The number of carbonyl (C=O) groups excluding carboxylic acids is 1. The van der Waals surface area contributed by atoms with Gasteiger partial charge in [-0.3, -0.25) is 4.79 Å². The Morgan fingerprint density at radius 2 is 1.89 bits per heavy atom. The van der Waals surface area contributed by atoms with Gasteiger partial charge in [-0.2, -0.15) is 5.10 Å². The van der Waals surface area contributed by atoms with E-state index in [1.54, 1.807) is 12.3 Å². The molecule has 6 nitrogen and oxygen atoms in total. The van der Waals surface area contributed by atoms with Crippen molar-refractivity contribution < 1.29 is 14.6 Å². The largest absolute Gasteiger partial charge is 0.507 e. The van der Waals surface area contributed by atoms with Crippen LogP contribution in [0.4, 0.5) is 0 Å². The van der Waals surface area contributed by atoms with Gasteiger partial charge in [0.05, 0.1) is 18.9 Å². The van der Waals surface area contributed by atoms with Gasteiger partial charge in [0.15, 0.2) is 0 Å². The highest BCUT2D eigenvalue weighted by Gasteiger charge is 2.13. The van der Waals surface area contributed by atoms with Crippen molar-refractivity contribution in [2.45, 2.75) is 20.8 Å². The molecule has 0 fully saturated rings. The first kappa shape index (κ1) is 19.2. The van der Waals surface area contributed by atoms with Crippen LogP contribution in [0.2, 0.25) is 0 Å². The maximum Gasteiger partial charge on any atom is 0.275 e. The van der Waals surface area contributed by atoms with Crippen LogP contribution in [0, 0.1) is 20.8 Å². The molecule has 144 valence electrons. The van der Waals surface area contributed by atoms with Crippen molar-refractivity contribution >= 4 is 12.1 Å². The number of aromatic hydroxyl groups is 1. The molecule has 1 amide bonds. The van der Waals surface area contributed by atoms with Crippen LogP contribution in [-0.2, 0) is 0 Å². The van der Waals surface area contributed by atoms with Gasteiger partial charge in [-0.15, -0.1) is 0 Å². The standard InChI is InChI=1S/C22H23N3O3/c1-14-7-5-6-8-20(14)25-15(2)11-17(16(25)3)13-23-24-22(27)19-10-9-18(28-4)12-21(19)26/h5-13,26H,1-4H3,(H,24,27)/b23-13-. The maximum atomic E-state index is 12.2. The van der Waals surface area contributed by atoms with Crippen molar-refractivity contribution in [3.8, 4) is 17.2 Å². The van der Waals surface area contributed by atoms with Gasteiger partial charge >= 0.3 is 0 Å². The number of amides is 1. The Balaban J connectivity index is 1.79. The molecule has 6 heteroatoms. The van der Waals surface area contributed by atoms with Gasteiger partial charge in [0, 0.05) is 28.7 Å². The third-order valence-electron chi connectivity index (χ3n) is 4.65. The highest BCUT2D eigenvalue weighted by atomic mass is 16.5. The molecule has 2 N–H and O–H groups in total. The van der Waals surface area contributed by atoms with E-state index in [1.165, 1.54) is 24.8 Å². The quantitative estimate of drug-likeness (QED) is 0.523. The minimum Gasteiger partial charge on any atom is -0.507 e. The fraction of sp³-hybridized carbons (Fsp3) is 0.182. The molecule has 0 aliphatic rings. The molecule has 0 radical (unpaired) electrons. The molecule has 0 aliphatic carbocycles. The number of hydrogen-bond acceptors (Lipinski definition) is 4. The van der Waals surface area contributed by atoms with E-state index in [2.05, 4.69) is 34.2 Å². The summed E-state index contributed by atoms with van der Waals surface area (Å²) in [6, 6.07) is 14.7. The van der Waals surface area contributed by atoms with Crippen LogP contribution >= 0.6 is 0 Å². The predicted molar refractivity (Wildman–Crippen MR) is 110 cm³/mol. The lowest BCUT2D eigenvalue weighted by Crippen LogP contribution is -2.17. The van der Waals surface area contributed by atoms with E-state index in [9.17, 15) is 9.90 Å². The Morgan fingerprint density at radius 1 is 1.14 bits per heavy atom. The van der Waals surface area contributed by atoms with Crippen LogP contribution in [0.25, 0.3) is 5.69 Å². The SMILES string of the molecule is COc1ccc(C(=O)N/N=C\c2cc(C)n(-c3ccccc3C)c2C)c(O)c1. The molecule has 0 spiro atoms. The molecule has 0 bridgehead atoms. The number of carbonyl (C=O) groups is 1. The second-order valence-electron chi connectivity index (χ2n) is 6.53. The summed E-state index contributed by atoms with van der Waals surface area (Å²) in [6.45, 7) is 6.12. The van der Waals surface area contributed by atoms with Crippen molar-refractivity contribution in [3.63, 3.8) is 0 Å². The summed E-state index contributed by atoms with van der Waals surface area (Å²) in [5, 5.41) is 14.0. The number of phenols is 1. The topological polar surface area (TPSA) is 75.8 Å². The first-order chi connectivity index (χ1) is 13.4. The van der Waals surface area contributed by atoms with Gasteiger partial charge in [0.25, 0.3) is 5.91 Å². The van der Waals surface area contributed by atoms with E-state index in [0.29, 0.717) is 5.75 Å². The van der Waals surface area contributed by atoms with E-state index >= 15 is 0 Å². The van der Waals surface area contributed by atoms with Crippen LogP contribution in [0.15, 0.2) is 53.6 Å². The number of aromatic nitrogens is 1.